The number of piperazine rings is 2. The Morgan fingerprint density at radius 3 is 2.73 bits per heavy atom. The Bertz CT molecular complexity index is 723. The van der Waals surface area contributed by atoms with Crippen LogP contribution in [0.5, 0.6) is 17.2 Å². The average molecular weight is 361 g/mol. The van der Waals surface area contributed by atoms with E-state index in [0.29, 0.717) is 45.1 Å². The summed E-state index contributed by atoms with van der Waals surface area (Å²) in [5.74, 6) is 2.07. The highest BCUT2D eigenvalue weighted by Gasteiger charge is 2.38. The van der Waals surface area contributed by atoms with E-state index in [1.54, 1.807) is 12.0 Å². The number of fused-ring (bicyclic) bond motifs is 2. The first-order valence-electron chi connectivity index (χ1n) is 8.92. The predicted octanol–water partition coefficient (Wildman–Crippen LogP) is -0.000900. The molecule has 0 bridgehead atoms. The Morgan fingerprint density at radius 2 is 1.96 bits per heavy atom. The summed E-state index contributed by atoms with van der Waals surface area (Å²) in [6.45, 7) is 3.76. The molecule has 3 heterocycles. The van der Waals surface area contributed by atoms with Crippen LogP contribution in [0.2, 0.25) is 0 Å². The molecule has 1 N–H and O–H groups in total. The van der Waals surface area contributed by atoms with Crippen LogP contribution in [-0.2, 0) is 16.1 Å². The molecule has 1 atom stereocenters. The van der Waals surface area contributed by atoms with Crippen molar-refractivity contribution >= 4 is 11.8 Å². The number of hydrogen-bond acceptors (Lipinski definition) is 6. The van der Waals surface area contributed by atoms with Gasteiger partial charge in [-0.25, -0.2) is 0 Å². The molecule has 8 heteroatoms. The van der Waals surface area contributed by atoms with Gasteiger partial charge in [-0.15, -0.1) is 0 Å². The summed E-state index contributed by atoms with van der Waals surface area (Å²) in [6, 6.07) is 3.40. The molecule has 1 aromatic rings. The van der Waals surface area contributed by atoms with E-state index in [1.807, 2.05) is 12.1 Å². The van der Waals surface area contributed by atoms with Crippen LogP contribution in [0.4, 0.5) is 0 Å². The number of carbonyl (C=O) groups excluding carboxylic acids is 2. The SMILES string of the molecule is COc1cc2c(cc1CN1CCN3C(=O)CNC(=O)[C@H]3C1)OCCCO2. The molecule has 2 fully saturated rings. The Kier molecular flexibility index (Phi) is 4.58. The first-order valence-corrected chi connectivity index (χ1v) is 8.92. The molecule has 0 saturated carbocycles. The second-order valence-electron chi connectivity index (χ2n) is 6.72. The number of carbonyl (C=O) groups is 2. The maximum absolute atomic E-state index is 12.1. The highest BCUT2D eigenvalue weighted by atomic mass is 16.5. The summed E-state index contributed by atoms with van der Waals surface area (Å²) in [5, 5.41) is 2.67. The molecule has 1 aromatic carbocycles. The lowest BCUT2D eigenvalue weighted by Gasteiger charge is -2.43. The zero-order valence-electron chi connectivity index (χ0n) is 14.8. The molecule has 0 aliphatic carbocycles. The van der Waals surface area contributed by atoms with Crippen LogP contribution in [0, 0.1) is 0 Å². The van der Waals surface area contributed by atoms with Gasteiger partial charge < -0.3 is 24.4 Å². The van der Waals surface area contributed by atoms with Gasteiger partial charge in [-0.3, -0.25) is 14.5 Å². The third-order valence-corrected chi connectivity index (χ3v) is 5.05. The summed E-state index contributed by atoms with van der Waals surface area (Å²) < 4.78 is 17.0. The van der Waals surface area contributed by atoms with Gasteiger partial charge in [0.1, 0.15) is 11.8 Å². The Morgan fingerprint density at radius 1 is 1.19 bits per heavy atom. The van der Waals surface area contributed by atoms with E-state index >= 15 is 0 Å². The quantitative estimate of drug-likeness (QED) is 0.816. The minimum absolute atomic E-state index is 0.0117. The van der Waals surface area contributed by atoms with Gasteiger partial charge in [-0.05, 0) is 6.07 Å². The largest absolute Gasteiger partial charge is 0.496 e. The fourth-order valence-corrected chi connectivity index (χ4v) is 3.67. The van der Waals surface area contributed by atoms with Crippen molar-refractivity contribution in [1.82, 2.24) is 15.1 Å². The van der Waals surface area contributed by atoms with Crippen LogP contribution in [0.3, 0.4) is 0 Å². The van der Waals surface area contributed by atoms with Crippen LogP contribution in [0.15, 0.2) is 12.1 Å². The third-order valence-electron chi connectivity index (χ3n) is 5.05. The van der Waals surface area contributed by atoms with Gasteiger partial charge in [0.2, 0.25) is 11.8 Å². The third kappa shape index (κ3) is 3.16. The number of rotatable bonds is 3. The van der Waals surface area contributed by atoms with Crippen molar-refractivity contribution in [3.8, 4) is 17.2 Å². The van der Waals surface area contributed by atoms with Crippen molar-refractivity contribution in [2.45, 2.75) is 19.0 Å². The van der Waals surface area contributed by atoms with Gasteiger partial charge in [0.15, 0.2) is 11.5 Å². The zero-order chi connectivity index (χ0) is 18.1. The fourth-order valence-electron chi connectivity index (χ4n) is 3.67. The first kappa shape index (κ1) is 17.0. The van der Waals surface area contributed by atoms with Crippen LogP contribution in [0.25, 0.3) is 0 Å². The van der Waals surface area contributed by atoms with Crippen LogP contribution in [0.1, 0.15) is 12.0 Å². The lowest BCUT2D eigenvalue weighted by molar-refractivity contribution is -0.149. The van der Waals surface area contributed by atoms with Gasteiger partial charge >= 0.3 is 0 Å². The molecule has 26 heavy (non-hydrogen) atoms. The van der Waals surface area contributed by atoms with Crippen LogP contribution in [-0.4, -0.2) is 74.2 Å². The molecule has 3 aliphatic rings. The van der Waals surface area contributed by atoms with Gasteiger partial charge in [0.25, 0.3) is 0 Å². The van der Waals surface area contributed by atoms with E-state index in [4.69, 9.17) is 14.2 Å². The minimum atomic E-state index is -0.420. The summed E-state index contributed by atoms with van der Waals surface area (Å²) in [6.07, 6.45) is 0.846. The summed E-state index contributed by atoms with van der Waals surface area (Å²) in [4.78, 5) is 28.0. The lowest BCUT2D eigenvalue weighted by atomic mass is 10.1. The topological polar surface area (TPSA) is 80.3 Å². The fraction of sp³-hybridized carbons (Fsp3) is 0.556. The molecule has 2 amide bonds. The Labute approximate surface area is 152 Å². The van der Waals surface area contributed by atoms with E-state index < -0.39 is 6.04 Å². The molecule has 140 valence electrons. The average Bonchev–Trinajstić information content (AvgIpc) is 2.89. The van der Waals surface area contributed by atoms with Crippen molar-refractivity contribution in [2.75, 3.05) is 46.5 Å². The molecule has 8 nitrogen and oxygen atoms in total. The molecule has 0 spiro atoms. The number of ether oxygens (including phenoxy) is 3. The van der Waals surface area contributed by atoms with E-state index in [-0.39, 0.29) is 18.4 Å². The first-order chi connectivity index (χ1) is 12.7. The lowest BCUT2D eigenvalue weighted by Crippen LogP contribution is -2.65. The van der Waals surface area contributed by atoms with Gasteiger partial charge in [0, 0.05) is 44.2 Å². The van der Waals surface area contributed by atoms with E-state index in [2.05, 4.69) is 10.2 Å². The maximum atomic E-state index is 12.1. The molecule has 2 saturated heterocycles. The highest BCUT2D eigenvalue weighted by molar-refractivity contribution is 5.95. The van der Waals surface area contributed by atoms with Gasteiger partial charge in [0.05, 0.1) is 26.9 Å². The maximum Gasteiger partial charge on any atom is 0.244 e. The van der Waals surface area contributed by atoms with E-state index in [1.165, 1.54) is 0 Å². The number of nitrogens with one attached hydrogen (secondary N) is 1. The molecule has 0 radical (unpaired) electrons. The van der Waals surface area contributed by atoms with Crippen molar-refractivity contribution in [3.63, 3.8) is 0 Å². The number of nitrogens with zero attached hydrogens (tertiary/aromatic N) is 2. The van der Waals surface area contributed by atoms with Gasteiger partial charge in [-0.2, -0.15) is 0 Å². The molecule has 0 aromatic heterocycles. The molecular weight excluding hydrogens is 338 g/mol. The second kappa shape index (κ2) is 7.03. The molecule has 4 rings (SSSR count). The van der Waals surface area contributed by atoms with Crippen molar-refractivity contribution in [1.29, 1.82) is 0 Å². The summed E-state index contributed by atoms with van der Waals surface area (Å²) >= 11 is 0. The Hall–Kier alpha value is -2.48. The molecular formula is C18H23N3O5. The standard InChI is InChI=1S/C18H23N3O5/c1-24-14-8-16-15(25-5-2-6-26-16)7-12(14)10-20-3-4-21-13(11-20)18(23)19-9-17(21)22/h7-8,13H,2-6,9-11H2,1H3,(H,19,23)/t13-/m1/s1. The zero-order valence-corrected chi connectivity index (χ0v) is 14.8. The van der Waals surface area contributed by atoms with Crippen molar-refractivity contribution in [2.24, 2.45) is 0 Å². The normalized spacial score (nSPS) is 23.1. The Balaban J connectivity index is 1.53. The smallest absolute Gasteiger partial charge is 0.244 e. The molecule has 3 aliphatic heterocycles. The minimum Gasteiger partial charge on any atom is -0.496 e. The van der Waals surface area contributed by atoms with Gasteiger partial charge in [-0.1, -0.05) is 0 Å². The van der Waals surface area contributed by atoms with E-state index in [9.17, 15) is 9.59 Å². The van der Waals surface area contributed by atoms with E-state index in [0.717, 1.165) is 23.5 Å². The van der Waals surface area contributed by atoms with Crippen molar-refractivity contribution < 1.29 is 23.8 Å². The second-order valence-corrected chi connectivity index (χ2v) is 6.72. The summed E-state index contributed by atoms with van der Waals surface area (Å²) in [7, 11) is 1.63. The molecule has 0 unspecified atom stereocenters. The monoisotopic (exact) mass is 361 g/mol. The number of methoxy groups -OCH3 is 1. The number of benzene rings is 1. The summed E-state index contributed by atoms with van der Waals surface area (Å²) in [5.41, 5.74) is 0.979. The van der Waals surface area contributed by atoms with Crippen LogP contribution < -0.4 is 19.5 Å². The highest BCUT2D eigenvalue weighted by Crippen LogP contribution is 2.37. The van der Waals surface area contributed by atoms with Crippen molar-refractivity contribution in [3.05, 3.63) is 17.7 Å². The number of amides is 2. The number of hydrogen-bond donors (Lipinski definition) is 1. The van der Waals surface area contributed by atoms with Crippen LogP contribution >= 0.6 is 0 Å². The predicted molar refractivity (Wildman–Crippen MR) is 92.4 cm³/mol.